The van der Waals surface area contributed by atoms with Crippen LogP contribution in [0.3, 0.4) is 0 Å². The van der Waals surface area contributed by atoms with Crippen LogP contribution in [0.15, 0.2) is 24.3 Å². The molecule has 22 heavy (non-hydrogen) atoms. The largest absolute Gasteiger partial charge is 0.356 e. The number of methoxy groups -OCH3 is 4. The normalized spacial score (nSPS) is 12.6. The lowest BCUT2D eigenvalue weighted by Gasteiger charge is -2.13. The maximum Gasteiger partial charge on any atom is 0.156 e. The molecule has 0 aromatic heterocycles. The zero-order valence-corrected chi connectivity index (χ0v) is 17.2. The Hall–Kier alpha value is -0.506. The maximum atomic E-state index is 5.22. The van der Waals surface area contributed by atoms with Crippen LogP contribution in [0.4, 0.5) is 0 Å². The third-order valence-electron chi connectivity index (χ3n) is 3.89. The lowest BCUT2D eigenvalue weighted by molar-refractivity contribution is -0.103. The predicted molar refractivity (Wildman–Crippen MR) is 97.3 cm³/mol. The van der Waals surface area contributed by atoms with Gasteiger partial charge >= 0.3 is 0 Å². The highest BCUT2D eigenvalue weighted by molar-refractivity contribution is 6.55. The van der Waals surface area contributed by atoms with Gasteiger partial charge in [0.15, 0.2) is 12.6 Å². The molecule has 126 valence electrons. The molecular formula is C16H30O4Si2. The second kappa shape index (κ2) is 12.0. The molecule has 0 bridgehead atoms. The van der Waals surface area contributed by atoms with Gasteiger partial charge in [-0.25, -0.2) is 0 Å². The summed E-state index contributed by atoms with van der Waals surface area (Å²) >= 11 is 0. The van der Waals surface area contributed by atoms with Crippen molar-refractivity contribution in [2.24, 2.45) is 0 Å². The van der Waals surface area contributed by atoms with Crippen LogP contribution in [0.5, 0.6) is 0 Å². The van der Waals surface area contributed by atoms with Crippen molar-refractivity contribution in [3.63, 3.8) is 0 Å². The first-order valence-electron chi connectivity index (χ1n) is 7.92. The molecule has 0 aliphatic carbocycles. The number of benzene rings is 1. The standard InChI is InChI=1S/C16H30O4Si2/c1-17-15(18-2)9-11-21-13-5-7-14(8-6-13)22-12-10-16(19-3)20-4/h5-8,15-16H,9-12,21-22H2,1-4H3. The van der Waals surface area contributed by atoms with Gasteiger partial charge in [0.2, 0.25) is 0 Å². The summed E-state index contributed by atoms with van der Waals surface area (Å²) in [6.45, 7) is 0. The zero-order chi connectivity index (χ0) is 16.2. The summed E-state index contributed by atoms with van der Waals surface area (Å²) in [5, 5.41) is 3.05. The van der Waals surface area contributed by atoms with Crippen LogP contribution < -0.4 is 10.4 Å². The van der Waals surface area contributed by atoms with E-state index in [1.165, 1.54) is 22.5 Å². The van der Waals surface area contributed by atoms with Gasteiger partial charge in [-0.2, -0.15) is 0 Å². The van der Waals surface area contributed by atoms with Gasteiger partial charge in [-0.05, 0) is 12.8 Å². The van der Waals surface area contributed by atoms with Crippen molar-refractivity contribution < 1.29 is 18.9 Å². The number of hydrogen-bond donors (Lipinski definition) is 0. The first-order valence-corrected chi connectivity index (χ1v) is 11.3. The Morgan fingerprint density at radius 1 is 0.682 bits per heavy atom. The van der Waals surface area contributed by atoms with E-state index in [-0.39, 0.29) is 31.6 Å². The van der Waals surface area contributed by atoms with Crippen LogP contribution in [0.1, 0.15) is 12.8 Å². The number of hydrogen-bond acceptors (Lipinski definition) is 4. The Balaban J connectivity index is 2.27. The van der Waals surface area contributed by atoms with E-state index in [0.717, 1.165) is 12.8 Å². The van der Waals surface area contributed by atoms with Crippen LogP contribution in [0.2, 0.25) is 12.1 Å². The Morgan fingerprint density at radius 2 is 1.00 bits per heavy atom. The number of rotatable bonds is 12. The van der Waals surface area contributed by atoms with E-state index >= 15 is 0 Å². The van der Waals surface area contributed by atoms with Gasteiger partial charge in [-0.3, -0.25) is 0 Å². The lowest BCUT2D eigenvalue weighted by Crippen LogP contribution is -2.22. The molecule has 0 unspecified atom stereocenters. The van der Waals surface area contributed by atoms with Crippen LogP contribution in [-0.4, -0.2) is 60.1 Å². The minimum atomic E-state index is -0.213. The van der Waals surface area contributed by atoms with Crippen LogP contribution in [-0.2, 0) is 18.9 Å². The Bertz CT molecular complexity index is 341. The molecule has 0 atom stereocenters. The highest BCUT2D eigenvalue weighted by Crippen LogP contribution is 2.03. The highest BCUT2D eigenvalue weighted by atomic mass is 28.2. The summed E-state index contributed by atoms with van der Waals surface area (Å²) in [4.78, 5) is 0. The van der Waals surface area contributed by atoms with Gasteiger partial charge in [-0.1, -0.05) is 46.7 Å². The lowest BCUT2D eigenvalue weighted by atomic mass is 10.4. The van der Waals surface area contributed by atoms with Gasteiger partial charge in [-0.15, -0.1) is 0 Å². The average molecular weight is 343 g/mol. The fraction of sp³-hybridized carbons (Fsp3) is 0.625. The van der Waals surface area contributed by atoms with Crippen LogP contribution >= 0.6 is 0 Å². The Kier molecular flexibility index (Phi) is 10.6. The molecule has 1 aromatic carbocycles. The molecule has 1 rings (SSSR count). The molecule has 0 N–H and O–H groups in total. The summed E-state index contributed by atoms with van der Waals surface area (Å²) in [5.41, 5.74) is 0. The van der Waals surface area contributed by atoms with Crippen molar-refractivity contribution in [3.05, 3.63) is 24.3 Å². The predicted octanol–water partition coefficient (Wildman–Crippen LogP) is 0.129. The maximum absolute atomic E-state index is 5.22. The minimum absolute atomic E-state index is 0.0475. The van der Waals surface area contributed by atoms with Gasteiger partial charge in [0, 0.05) is 28.4 Å². The smallest absolute Gasteiger partial charge is 0.156 e. The van der Waals surface area contributed by atoms with Gasteiger partial charge in [0.1, 0.15) is 0 Å². The van der Waals surface area contributed by atoms with Gasteiger partial charge < -0.3 is 18.9 Å². The molecule has 0 saturated heterocycles. The molecule has 0 aliphatic rings. The molecule has 0 radical (unpaired) electrons. The fourth-order valence-electron chi connectivity index (χ4n) is 2.48. The summed E-state index contributed by atoms with van der Waals surface area (Å²) in [7, 11) is 6.38. The molecule has 0 spiro atoms. The van der Waals surface area contributed by atoms with E-state index in [2.05, 4.69) is 24.3 Å². The summed E-state index contributed by atoms with van der Waals surface area (Å²) in [6, 6.07) is 11.7. The van der Waals surface area contributed by atoms with E-state index in [1.54, 1.807) is 28.4 Å². The van der Waals surface area contributed by atoms with Crippen molar-refractivity contribution in [2.75, 3.05) is 28.4 Å². The van der Waals surface area contributed by atoms with Gasteiger partial charge in [0.05, 0.1) is 19.0 Å². The summed E-state index contributed by atoms with van der Waals surface area (Å²) < 4.78 is 20.9. The van der Waals surface area contributed by atoms with Crippen LogP contribution in [0.25, 0.3) is 0 Å². The summed E-state index contributed by atoms with van der Waals surface area (Å²) in [6.07, 6.45) is 1.89. The first kappa shape index (κ1) is 19.5. The van der Waals surface area contributed by atoms with Crippen molar-refractivity contribution in [3.8, 4) is 0 Å². The molecule has 0 heterocycles. The molecule has 0 fully saturated rings. The van der Waals surface area contributed by atoms with E-state index in [1.807, 2.05) is 0 Å². The van der Waals surface area contributed by atoms with E-state index in [4.69, 9.17) is 18.9 Å². The van der Waals surface area contributed by atoms with E-state index < -0.39 is 0 Å². The zero-order valence-electron chi connectivity index (χ0n) is 14.3. The highest BCUT2D eigenvalue weighted by Gasteiger charge is 2.06. The second-order valence-electron chi connectivity index (χ2n) is 5.40. The van der Waals surface area contributed by atoms with Crippen molar-refractivity contribution in [2.45, 2.75) is 37.5 Å². The van der Waals surface area contributed by atoms with Gasteiger partial charge in [0.25, 0.3) is 0 Å². The van der Waals surface area contributed by atoms with Crippen molar-refractivity contribution >= 4 is 29.4 Å². The molecule has 4 nitrogen and oxygen atoms in total. The topological polar surface area (TPSA) is 36.9 Å². The van der Waals surface area contributed by atoms with Crippen LogP contribution in [0, 0.1) is 0 Å². The molecule has 1 aromatic rings. The Morgan fingerprint density at radius 3 is 1.27 bits per heavy atom. The average Bonchev–Trinajstić information content (AvgIpc) is 2.57. The molecule has 0 aliphatic heterocycles. The van der Waals surface area contributed by atoms with E-state index in [0.29, 0.717) is 0 Å². The molecular weight excluding hydrogens is 312 g/mol. The van der Waals surface area contributed by atoms with Crippen molar-refractivity contribution in [1.82, 2.24) is 0 Å². The monoisotopic (exact) mass is 342 g/mol. The minimum Gasteiger partial charge on any atom is -0.356 e. The van der Waals surface area contributed by atoms with Crippen molar-refractivity contribution in [1.29, 1.82) is 0 Å². The third kappa shape index (κ3) is 7.66. The molecule has 0 saturated carbocycles. The number of ether oxygens (including phenoxy) is 4. The fourth-order valence-corrected chi connectivity index (χ4v) is 5.51. The second-order valence-corrected chi connectivity index (χ2v) is 9.45. The molecule has 6 heteroatoms. The first-order chi connectivity index (χ1) is 10.7. The Labute approximate surface area is 139 Å². The molecule has 0 amide bonds. The SMILES string of the molecule is COC(CC[SiH2]c1ccc([SiH2]CCC(OC)OC)cc1)OC. The summed E-state index contributed by atoms with van der Waals surface area (Å²) in [5.74, 6) is 0. The van der Waals surface area contributed by atoms with E-state index in [9.17, 15) is 0 Å². The quantitative estimate of drug-likeness (QED) is 0.400. The third-order valence-corrected chi connectivity index (χ3v) is 7.51.